The van der Waals surface area contributed by atoms with Crippen LogP contribution in [0.15, 0.2) is 24.3 Å². The van der Waals surface area contributed by atoms with Crippen molar-refractivity contribution < 1.29 is 0 Å². The Balaban J connectivity index is 2.79. The molecule has 0 aliphatic rings. The first-order valence-corrected chi connectivity index (χ1v) is 4.09. The van der Waals surface area contributed by atoms with Crippen LogP contribution < -0.4 is 5.73 Å². The van der Waals surface area contributed by atoms with Gasteiger partial charge in [0.05, 0.1) is 6.04 Å². The van der Waals surface area contributed by atoms with Gasteiger partial charge in [-0.2, -0.15) is 0 Å². The van der Waals surface area contributed by atoms with Gasteiger partial charge in [-0.05, 0) is 31.2 Å². The maximum Gasteiger partial charge on any atom is 0.0639 e. The van der Waals surface area contributed by atoms with E-state index in [4.69, 9.17) is 17.3 Å². The average Bonchev–Trinajstić information content (AvgIpc) is 2.03. The summed E-state index contributed by atoms with van der Waals surface area (Å²) >= 11 is 5.70. The SMILES string of the molecule is CC(N)C#Cc1ccc(Cl)cc1. The van der Waals surface area contributed by atoms with E-state index in [9.17, 15) is 0 Å². The first kappa shape index (κ1) is 9.12. The van der Waals surface area contributed by atoms with Crippen molar-refractivity contribution in [3.8, 4) is 11.8 Å². The summed E-state index contributed by atoms with van der Waals surface area (Å²) in [4.78, 5) is 0. The summed E-state index contributed by atoms with van der Waals surface area (Å²) in [5.41, 5.74) is 6.41. The molecule has 1 atom stereocenters. The third-order valence-corrected chi connectivity index (χ3v) is 1.54. The van der Waals surface area contributed by atoms with Gasteiger partial charge in [0.15, 0.2) is 0 Å². The zero-order valence-electron chi connectivity index (χ0n) is 6.84. The molecule has 0 aliphatic carbocycles. The summed E-state index contributed by atoms with van der Waals surface area (Å²) in [6.07, 6.45) is 0. The van der Waals surface area contributed by atoms with Crippen molar-refractivity contribution in [1.29, 1.82) is 0 Å². The Morgan fingerprint density at radius 3 is 2.42 bits per heavy atom. The number of halogens is 1. The van der Waals surface area contributed by atoms with Crippen molar-refractivity contribution in [3.05, 3.63) is 34.9 Å². The first-order chi connectivity index (χ1) is 5.68. The van der Waals surface area contributed by atoms with Crippen LogP contribution in [0.2, 0.25) is 5.02 Å². The lowest BCUT2D eigenvalue weighted by molar-refractivity contribution is 0.959. The number of nitrogens with two attached hydrogens (primary N) is 1. The highest BCUT2D eigenvalue weighted by Gasteiger charge is 1.87. The minimum atomic E-state index is -0.0827. The van der Waals surface area contributed by atoms with E-state index in [2.05, 4.69) is 11.8 Å². The van der Waals surface area contributed by atoms with E-state index >= 15 is 0 Å². The van der Waals surface area contributed by atoms with Crippen LogP contribution in [0.4, 0.5) is 0 Å². The van der Waals surface area contributed by atoms with Gasteiger partial charge in [0.2, 0.25) is 0 Å². The van der Waals surface area contributed by atoms with Gasteiger partial charge in [-0.25, -0.2) is 0 Å². The Bertz CT molecular complexity index is 303. The third kappa shape index (κ3) is 2.96. The quantitative estimate of drug-likeness (QED) is 0.606. The number of benzene rings is 1. The molecule has 2 N–H and O–H groups in total. The molecule has 0 radical (unpaired) electrons. The summed E-state index contributed by atoms with van der Waals surface area (Å²) in [5, 5.41) is 0.723. The van der Waals surface area contributed by atoms with Gasteiger partial charge in [0, 0.05) is 10.6 Å². The largest absolute Gasteiger partial charge is 0.318 e. The van der Waals surface area contributed by atoms with E-state index < -0.39 is 0 Å². The fourth-order valence-corrected chi connectivity index (χ4v) is 0.856. The van der Waals surface area contributed by atoms with Crippen molar-refractivity contribution in [2.24, 2.45) is 5.73 Å². The van der Waals surface area contributed by atoms with Crippen LogP contribution in [-0.2, 0) is 0 Å². The van der Waals surface area contributed by atoms with Crippen LogP contribution in [0, 0.1) is 11.8 Å². The van der Waals surface area contributed by atoms with Gasteiger partial charge < -0.3 is 5.73 Å². The molecule has 0 spiro atoms. The maximum atomic E-state index is 5.70. The van der Waals surface area contributed by atoms with Crippen LogP contribution in [0.25, 0.3) is 0 Å². The number of rotatable bonds is 0. The average molecular weight is 180 g/mol. The molecule has 0 saturated carbocycles. The van der Waals surface area contributed by atoms with Gasteiger partial charge in [0.1, 0.15) is 0 Å². The lowest BCUT2D eigenvalue weighted by atomic mass is 10.2. The Morgan fingerprint density at radius 2 is 1.92 bits per heavy atom. The molecule has 0 aliphatic heterocycles. The standard InChI is InChI=1S/C10H10ClN/c1-8(12)2-3-9-4-6-10(11)7-5-9/h4-8H,12H2,1H3. The summed E-state index contributed by atoms with van der Waals surface area (Å²) < 4.78 is 0. The molecule has 1 rings (SSSR count). The minimum Gasteiger partial charge on any atom is -0.318 e. The number of hydrogen-bond donors (Lipinski definition) is 1. The fraction of sp³-hybridized carbons (Fsp3) is 0.200. The highest BCUT2D eigenvalue weighted by atomic mass is 35.5. The molecule has 1 nitrogen and oxygen atoms in total. The van der Waals surface area contributed by atoms with E-state index in [1.807, 2.05) is 31.2 Å². The number of hydrogen-bond acceptors (Lipinski definition) is 1. The molecule has 62 valence electrons. The van der Waals surface area contributed by atoms with Gasteiger partial charge in [-0.15, -0.1) is 0 Å². The predicted molar refractivity (Wildman–Crippen MR) is 52.0 cm³/mol. The fourth-order valence-electron chi connectivity index (χ4n) is 0.730. The third-order valence-electron chi connectivity index (χ3n) is 1.29. The van der Waals surface area contributed by atoms with Gasteiger partial charge in [0.25, 0.3) is 0 Å². The second kappa shape index (κ2) is 4.15. The summed E-state index contributed by atoms with van der Waals surface area (Å²) in [6, 6.07) is 7.29. The van der Waals surface area contributed by atoms with Crippen LogP contribution in [0.1, 0.15) is 12.5 Å². The van der Waals surface area contributed by atoms with Crippen LogP contribution in [0.3, 0.4) is 0 Å². The van der Waals surface area contributed by atoms with Crippen LogP contribution >= 0.6 is 11.6 Å². The van der Waals surface area contributed by atoms with Crippen molar-refractivity contribution in [2.75, 3.05) is 0 Å². The second-order valence-corrected chi connectivity index (χ2v) is 3.00. The second-order valence-electron chi connectivity index (χ2n) is 2.56. The monoisotopic (exact) mass is 179 g/mol. The molecular formula is C10H10ClN. The normalized spacial score (nSPS) is 11.6. The molecular weight excluding hydrogens is 170 g/mol. The molecule has 12 heavy (non-hydrogen) atoms. The smallest absolute Gasteiger partial charge is 0.0639 e. The summed E-state index contributed by atoms with van der Waals surface area (Å²) in [6.45, 7) is 1.85. The molecule has 0 saturated heterocycles. The molecule has 0 amide bonds. The van der Waals surface area contributed by atoms with Crippen molar-refractivity contribution in [2.45, 2.75) is 13.0 Å². The maximum absolute atomic E-state index is 5.70. The molecule has 0 fully saturated rings. The zero-order valence-corrected chi connectivity index (χ0v) is 7.60. The first-order valence-electron chi connectivity index (χ1n) is 3.71. The molecule has 1 aromatic rings. The van der Waals surface area contributed by atoms with E-state index in [0.29, 0.717) is 0 Å². The highest BCUT2D eigenvalue weighted by molar-refractivity contribution is 6.30. The minimum absolute atomic E-state index is 0.0827. The lowest BCUT2D eigenvalue weighted by Gasteiger charge is -1.91. The van der Waals surface area contributed by atoms with Crippen LogP contribution in [0.5, 0.6) is 0 Å². The van der Waals surface area contributed by atoms with Gasteiger partial charge in [-0.1, -0.05) is 23.4 Å². The molecule has 0 bridgehead atoms. The highest BCUT2D eigenvalue weighted by Crippen LogP contribution is 2.08. The summed E-state index contributed by atoms with van der Waals surface area (Å²) in [7, 11) is 0. The Kier molecular flexibility index (Phi) is 3.16. The predicted octanol–water partition coefficient (Wildman–Crippen LogP) is 2.04. The van der Waals surface area contributed by atoms with E-state index in [0.717, 1.165) is 10.6 Å². The molecule has 1 unspecified atom stereocenters. The molecule has 2 heteroatoms. The van der Waals surface area contributed by atoms with Gasteiger partial charge >= 0.3 is 0 Å². The lowest BCUT2D eigenvalue weighted by Crippen LogP contribution is -2.10. The topological polar surface area (TPSA) is 26.0 Å². The molecule has 0 aromatic heterocycles. The Hall–Kier alpha value is -0.970. The van der Waals surface area contributed by atoms with Crippen molar-refractivity contribution in [3.63, 3.8) is 0 Å². The molecule has 1 aromatic carbocycles. The summed E-state index contributed by atoms with van der Waals surface area (Å²) in [5.74, 6) is 5.80. The van der Waals surface area contributed by atoms with E-state index in [1.54, 1.807) is 0 Å². The zero-order chi connectivity index (χ0) is 8.97. The van der Waals surface area contributed by atoms with Gasteiger partial charge in [-0.3, -0.25) is 0 Å². The van der Waals surface area contributed by atoms with Crippen LogP contribution in [-0.4, -0.2) is 6.04 Å². The van der Waals surface area contributed by atoms with Crippen molar-refractivity contribution >= 4 is 11.6 Å². The van der Waals surface area contributed by atoms with E-state index in [-0.39, 0.29) is 6.04 Å². The molecule has 0 heterocycles. The van der Waals surface area contributed by atoms with E-state index in [1.165, 1.54) is 0 Å². The van der Waals surface area contributed by atoms with Crippen molar-refractivity contribution in [1.82, 2.24) is 0 Å². The Morgan fingerprint density at radius 1 is 1.33 bits per heavy atom. The Labute approximate surface area is 77.5 Å².